The summed E-state index contributed by atoms with van der Waals surface area (Å²) < 4.78 is 35.4. The van der Waals surface area contributed by atoms with Gasteiger partial charge in [0, 0.05) is 43.0 Å². The minimum absolute atomic E-state index is 0.155. The molecule has 0 bridgehead atoms. The average molecular weight is 375 g/mol. The number of hydrogen-bond acceptors (Lipinski definition) is 4. The van der Waals surface area contributed by atoms with Gasteiger partial charge in [0.15, 0.2) is 0 Å². The van der Waals surface area contributed by atoms with E-state index in [1.807, 2.05) is 6.20 Å². The van der Waals surface area contributed by atoms with Crippen LogP contribution in [0, 0.1) is 6.92 Å². The van der Waals surface area contributed by atoms with Crippen LogP contribution < -0.4 is 4.74 Å². The lowest BCUT2D eigenvalue weighted by Crippen LogP contribution is -2.41. The van der Waals surface area contributed by atoms with E-state index in [4.69, 9.17) is 4.74 Å². The highest BCUT2D eigenvalue weighted by molar-refractivity contribution is 7.89. The summed E-state index contributed by atoms with van der Waals surface area (Å²) in [6.45, 7) is 3.12. The SMILES string of the molecule is COc1cccc(S(=O)(=O)N2CCCC(n3c(C)cnc3C3CC3)C2)c1. The van der Waals surface area contributed by atoms with Crippen molar-refractivity contribution in [2.45, 2.75) is 49.5 Å². The van der Waals surface area contributed by atoms with Crippen LogP contribution in [0.4, 0.5) is 0 Å². The number of nitrogens with zero attached hydrogens (tertiary/aromatic N) is 3. The van der Waals surface area contributed by atoms with Crippen LogP contribution in [0.5, 0.6) is 5.75 Å². The molecule has 0 amide bonds. The monoisotopic (exact) mass is 375 g/mol. The number of rotatable bonds is 5. The summed E-state index contributed by atoms with van der Waals surface area (Å²) in [7, 11) is -1.98. The molecule has 26 heavy (non-hydrogen) atoms. The molecule has 7 heteroatoms. The molecule has 2 aliphatic rings. The predicted octanol–water partition coefficient (Wildman–Crippen LogP) is 3.10. The number of piperidine rings is 1. The van der Waals surface area contributed by atoms with Gasteiger partial charge in [-0.15, -0.1) is 0 Å². The molecule has 1 unspecified atom stereocenters. The van der Waals surface area contributed by atoms with E-state index in [1.54, 1.807) is 35.7 Å². The van der Waals surface area contributed by atoms with E-state index in [9.17, 15) is 8.42 Å². The second-order valence-corrected chi connectivity index (χ2v) is 9.18. The molecule has 1 aliphatic heterocycles. The maximum Gasteiger partial charge on any atom is 0.243 e. The highest BCUT2D eigenvalue weighted by Crippen LogP contribution is 2.41. The van der Waals surface area contributed by atoms with Gasteiger partial charge in [-0.25, -0.2) is 13.4 Å². The first kappa shape index (κ1) is 17.5. The van der Waals surface area contributed by atoms with Crippen molar-refractivity contribution in [1.29, 1.82) is 0 Å². The van der Waals surface area contributed by atoms with Crippen LogP contribution >= 0.6 is 0 Å². The van der Waals surface area contributed by atoms with Gasteiger partial charge in [-0.1, -0.05) is 6.07 Å². The first-order valence-electron chi connectivity index (χ1n) is 9.18. The number of aryl methyl sites for hydroxylation is 1. The molecule has 6 nitrogen and oxygen atoms in total. The molecule has 1 atom stereocenters. The van der Waals surface area contributed by atoms with Gasteiger partial charge >= 0.3 is 0 Å². The van der Waals surface area contributed by atoms with Crippen LogP contribution in [0.15, 0.2) is 35.4 Å². The van der Waals surface area contributed by atoms with Crippen LogP contribution in [0.25, 0.3) is 0 Å². The second-order valence-electron chi connectivity index (χ2n) is 7.24. The van der Waals surface area contributed by atoms with Crippen LogP contribution in [0.2, 0.25) is 0 Å². The van der Waals surface area contributed by atoms with Crippen LogP contribution in [-0.2, 0) is 10.0 Å². The summed E-state index contributed by atoms with van der Waals surface area (Å²) in [5.74, 6) is 2.24. The Labute approximate surface area is 154 Å². The van der Waals surface area contributed by atoms with Crippen molar-refractivity contribution in [3.05, 3.63) is 42.0 Å². The predicted molar refractivity (Wildman–Crippen MR) is 99.0 cm³/mol. The number of methoxy groups -OCH3 is 1. The van der Waals surface area contributed by atoms with Gasteiger partial charge in [0.2, 0.25) is 10.0 Å². The van der Waals surface area contributed by atoms with Crippen molar-refractivity contribution in [2.75, 3.05) is 20.2 Å². The first-order valence-corrected chi connectivity index (χ1v) is 10.6. The van der Waals surface area contributed by atoms with Gasteiger partial charge in [0.25, 0.3) is 0 Å². The van der Waals surface area contributed by atoms with Crippen LogP contribution in [0.3, 0.4) is 0 Å². The molecule has 1 aliphatic carbocycles. The summed E-state index contributed by atoms with van der Waals surface area (Å²) in [6, 6.07) is 6.87. The number of ether oxygens (including phenoxy) is 1. The smallest absolute Gasteiger partial charge is 0.243 e. The number of benzene rings is 1. The third-order valence-corrected chi connectivity index (χ3v) is 7.22. The van der Waals surface area contributed by atoms with E-state index in [0.717, 1.165) is 24.4 Å². The zero-order valence-corrected chi connectivity index (χ0v) is 16.1. The Hall–Kier alpha value is -1.86. The Morgan fingerprint density at radius 2 is 2.04 bits per heavy atom. The Bertz CT molecular complexity index is 903. The maximum atomic E-state index is 13.1. The number of imidazole rings is 1. The molecule has 1 aromatic carbocycles. The van der Waals surface area contributed by atoms with Crippen molar-refractivity contribution >= 4 is 10.0 Å². The van der Waals surface area contributed by atoms with E-state index < -0.39 is 10.0 Å². The number of aromatic nitrogens is 2. The molecule has 0 spiro atoms. The lowest BCUT2D eigenvalue weighted by Gasteiger charge is -2.34. The van der Waals surface area contributed by atoms with E-state index in [0.29, 0.717) is 29.7 Å². The van der Waals surface area contributed by atoms with Crippen molar-refractivity contribution in [1.82, 2.24) is 13.9 Å². The fourth-order valence-electron chi connectivity index (χ4n) is 3.84. The first-order chi connectivity index (χ1) is 12.5. The molecule has 4 rings (SSSR count). The summed E-state index contributed by atoms with van der Waals surface area (Å²) in [5, 5.41) is 0. The highest BCUT2D eigenvalue weighted by atomic mass is 32.2. The van der Waals surface area contributed by atoms with E-state index in [1.165, 1.54) is 12.8 Å². The third kappa shape index (κ3) is 3.14. The summed E-state index contributed by atoms with van der Waals surface area (Å²) in [4.78, 5) is 4.89. The van der Waals surface area contributed by atoms with Gasteiger partial charge in [-0.3, -0.25) is 0 Å². The number of sulfonamides is 1. The Kier molecular flexibility index (Phi) is 4.52. The molecule has 0 radical (unpaired) electrons. The molecule has 140 valence electrons. The zero-order valence-electron chi connectivity index (χ0n) is 15.3. The lowest BCUT2D eigenvalue weighted by atomic mass is 10.1. The minimum Gasteiger partial charge on any atom is -0.497 e. The molecule has 2 aromatic rings. The van der Waals surface area contributed by atoms with Gasteiger partial charge < -0.3 is 9.30 Å². The minimum atomic E-state index is -3.53. The largest absolute Gasteiger partial charge is 0.497 e. The van der Waals surface area contributed by atoms with E-state index >= 15 is 0 Å². The fourth-order valence-corrected chi connectivity index (χ4v) is 5.40. The molecule has 1 aromatic heterocycles. The average Bonchev–Trinajstić information content (AvgIpc) is 3.44. The van der Waals surface area contributed by atoms with Crippen LogP contribution in [0.1, 0.15) is 49.2 Å². The van der Waals surface area contributed by atoms with Gasteiger partial charge in [0.05, 0.1) is 12.0 Å². The van der Waals surface area contributed by atoms with Crippen molar-refractivity contribution in [2.24, 2.45) is 0 Å². The standard InChI is InChI=1S/C19H25N3O3S/c1-14-12-20-19(15-8-9-15)22(14)16-5-4-10-21(13-16)26(23,24)18-7-3-6-17(11-18)25-2/h3,6-7,11-12,15-16H,4-5,8-10,13H2,1-2H3. The molecule has 1 saturated carbocycles. The van der Waals surface area contributed by atoms with E-state index in [-0.39, 0.29) is 6.04 Å². The summed E-state index contributed by atoms with van der Waals surface area (Å²) in [6.07, 6.45) is 6.14. The fraction of sp³-hybridized carbons (Fsp3) is 0.526. The molecular formula is C19H25N3O3S. The van der Waals surface area contributed by atoms with Gasteiger partial charge in [-0.2, -0.15) is 4.31 Å². The summed E-state index contributed by atoms with van der Waals surface area (Å²) >= 11 is 0. The maximum absolute atomic E-state index is 13.1. The number of hydrogen-bond donors (Lipinski definition) is 0. The molecule has 2 fully saturated rings. The highest BCUT2D eigenvalue weighted by Gasteiger charge is 2.35. The molecule has 2 heterocycles. The van der Waals surface area contributed by atoms with Gasteiger partial charge in [-0.05, 0) is 44.7 Å². The van der Waals surface area contributed by atoms with Crippen molar-refractivity contribution < 1.29 is 13.2 Å². The normalized spacial score (nSPS) is 21.7. The molecule has 1 saturated heterocycles. The Morgan fingerprint density at radius 3 is 2.77 bits per heavy atom. The van der Waals surface area contributed by atoms with Crippen molar-refractivity contribution in [3.63, 3.8) is 0 Å². The lowest BCUT2D eigenvalue weighted by molar-refractivity contribution is 0.261. The Balaban J connectivity index is 1.61. The molecule has 0 N–H and O–H groups in total. The topological polar surface area (TPSA) is 64.4 Å². The summed E-state index contributed by atoms with van der Waals surface area (Å²) in [5.41, 5.74) is 1.12. The Morgan fingerprint density at radius 1 is 1.23 bits per heavy atom. The van der Waals surface area contributed by atoms with Crippen LogP contribution in [-0.4, -0.2) is 42.5 Å². The molecular weight excluding hydrogens is 350 g/mol. The van der Waals surface area contributed by atoms with E-state index in [2.05, 4.69) is 16.5 Å². The van der Waals surface area contributed by atoms with Gasteiger partial charge in [0.1, 0.15) is 11.6 Å². The van der Waals surface area contributed by atoms with Crippen molar-refractivity contribution in [3.8, 4) is 5.75 Å². The second kappa shape index (κ2) is 6.70. The zero-order chi connectivity index (χ0) is 18.3. The third-order valence-electron chi connectivity index (χ3n) is 5.36. The quantitative estimate of drug-likeness (QED) is 0.805.